The zero-order chi connectivity index (χ0) is 10.6. The average molecular weight is 201 g/mol. The van der Waals surface area contributed by atoms with Crippen molar-refractivity contribution in [2.24, 2.45) is 10.6 Å². The third kappa shape index (κ3) is 2.23. The van der Waals surface area contributed by atoms with Gasteiger partial charge in [0.25, 0.3) is 0 Å². The molecule has 1 heterocycles. The van der Waals surface area contributed by atoms with Crippen LogP contribution in [0, 0.1) is 5.41 Å². The molecule has 0 fully saturated rings. The van der Waals surface area contributed by atoms with E-state index in [0.717, 1.165) is 0 Å². The summed E-state index contributed by atoms with van der Waals surface area (Å²) in [6.45, 7) is 4.13. The molecule has 0 aromatic rings. The number of hydrogen-bond donors (Lipinski definition) is 0. The highest BCUT2D eigenvalue weighted by Crippen LogP contribution is 2.28. The Labute approximate surface area is 83.0 Å². The van der Waals surface area contributed by atoms with Crippen LogP contribution in [0.1, 0.15) is 20.3 Å². The number of nitrogens with zero attached hydrogens (tertiary/aromatic N) is 1. The van der Waals surface area contributed by atoms with Crippen LogP contribution in [-0.2, 0) is 19.1 Å². The van der Waals surface area contributed by atoms with Crippen molar-refractivity contribution in [2.75, 3.05) is 13.7 Å². The lowest BCUT2D eigenvalue weighted by molar-refractivity contribution is -0.175. The van der Waals surface area contributed by atoms with Gasteiger partial charge in [-0.05, 0) is 13.8 Å². The van der Waals surface area contributed by atoms with Gasteiger partial charge in [-0.3, -0.25) is 4.79 Å². The highest BCUT2D eigenvalue weighted by atomic mass is 16.8. The van der Waals surface area contributed by atoms with Gasteiger partial charge in [0.2, 0.25) is 6.29 Å². The second-order valence-corrected chi connectivity index (χ2v) is 3.34. The number of esters is 1. The van der Waals surface area contributed by atoms with E-state index in [-0.39, 0.29) is 5.97 Å². The van der Waals surface area contributed by atoms with Crippen molar-refractivity contribution >= 4 is 12.2 Å². The maximum Gasteiger partial charge on any atom is 0.317 e. The minimum Gasteiger partial charge on any atom is -0.468 e. The molecule has 1 aliphatic rings. The molecule has 0 saturated carbocycles. The van der Waals surface area contributed by atoms with Crippen molar-refractivity contribution in [2.45, 2.75) is 26.6 Å². The van der Waals surface area contributed by atoms with Crippen LogP contribution in [0.2, 0.25) is 0 Å². The molecule has 0 amide bonds. The molecule has 5 heteroatoms. The van der Waals surface area contributed by atoms with E-state index in [9.17, 15) is 4.79 Å². The zero-order valence-electron chi connectivity index (χ0n) is 8.65. The Morgan fingerprint density at radius 1 is 1.79 bits per heavy atom. The summed E-state index contributed by atoms with van der Waals surface area (Å²) in [6.07, 6.45) is 1.42. The lowest BCUT2D eigenvalue weighted by atomic mass is 9.87. The Morgan fingerprint density at radius 3 is 3.07 bits per heavy atom. The number of rotatable bonds is 3. The summed E-state index contributed by atoms with van der Waals surface area (Å²) >= 11 is 0. The first-order chi connectivity index (χ1) is 6.62. The number of hydrogen-bond acceptors (Lipinski definition) is 5. The Balaban J connectivity index is 2.67. The van der Waals surface area contributed by atoms with E-state index < -0.39 is 11.7 Å². The van der Waals surface area contributed by atoms with E-state index in [0.29, 0.717) is 13.0 Å². The Hall–Kier alpha value is -1.10. The molecule has 80 valence electrons. The van der Waals surface area contributed by atoms with Crippen LogP contribution in [0.3, 0.4) is 0 Å². The topological polar surface area (TPSA) is 57.1 Å². The quantitative estimate of drug-likeness (QED) is 0.637. The molecule has 0 radical (unpaired) electrons. The van der Waals surface area contributed by atoms with Crippen molar-refractivity contribution < 1.29 is 19.1 Å². The molecule has 0 spiro atoms. The minimum atomic E-state index is -0.743. The van der Waals surface area contributed by atoms with Crippen LogP contribution < -0.4 is 0 Å². The van der Waals surface area contributed by atoms with Crippen molar-refractivity contribution in [3.8, 4) is 0 Å². The van der Waals surface area contributed by atoms with E-state index >= 15 is 0 Å². The van der Waals surface area contributed by atoms with E-state index in [1.165, 1.54) is 13.3 Å². The van der Waals surface area contributed by atoms with Crippen LogP contribution >= 0.6 is 0 Å². The highest BCUT2D eigenvalue weighted by molar-refractivity contribution is 5.94. The number of ether oxygens (including phenoxy) is 2. The first-order valence-electron chi connectivity index (χ1n) is 4.52. The first kappa shape index (κ1) is 11.0. The van der Waals surface area contributed by atoms with Gasteiger partial charge in [0.15, 0.2) is 0 Å². The van der Waals surface area contributed by atoms with E-state index in [1.54, 1.807) is 6.92 Å². The second kappa shape index (κ2) is 4.41. The normalized spacial score (nSPS) is 30.9. The van der Waals surface area contributed by atoms with E-state index in [2.05, 4.69) is 9.89 Å². The Bertz CT molecular complexity index is 241. The maximum absolute atomic E-state index is 11.4. The lowest BCUT2D eigenvalue weighted by Crippen LogP contribution is -2.39. The van der Waals surface area contributed by atoms with Crippen LogP contribution in [0.4, 0.5) is 0 Å². The Kier molecular flexibility index (Phi) is 3.46. The fourth-order valence-corrected chi connectivity index (χ4v) is 1.30. The van der Waals surface area contributed by atoms with Crippen LogP contribution in [0.25, 0.3) is 0 Å². The second-order valence-electron chi connectivity index (χ2n) is 3.34. The lowest BCUT2D eigenvalue weighted by Gasteiger charge is -2.29. The van der Waals surface area contributed by atoms with Gasteiger partial charge in [0, 0.05) is 13.0 Å². The van der Waals surface area contributed by atoms with Gasteiger partial charge in [0.05, 0.1) is 13.3 Å². The highest BCUT2D eigenvalue weighted by Gasteiger charge is 2.39. The number of methoxy groups -OCH3 is 1. The molecule has 0 saturated heterocycles. The molecular formula is C9H15NO4. The van der Waals surface area contributed by atoms with Gasteiger partial charge in [-0.2, -0.15) is 0 Å². The summed E-state index contributed by atoms with van der Waals surface area (Å²) in [5, 5.41) is 3.65. The number of carbonyl (C=O) groups excluding carboxylic acids is 1. The molecule has 1 aliphatic heterocycles. The molecule has 1 unspecified atom stereocenters. The van der Waals surface area contributed by atoms with Crippen LogP contribution in [0.5, 0.6) is 0 Å². The van der Waals surface area contributed by atoms with Gasteiger partial charge in [-0.1, -0.05) is 5.16 Å². The van der Waals surface area contributed by atoms with E-state index in [1.807, 2.05) is 6.92 Å². The molecule has 0 bridgehead atoms. The summed E-state index contributed by atoms with van der Waals surface area (Å²) < 4.78 is 9.91. The molecule has 0 aromatic heterocycles. The summed E-state index contributed by atoms with van der Waals surface area (Å²) in [5.74, 6) is -0.325. The fraction of sp³-hybridized carbons (Fsp3) is 0.778. The first-order valence-corrected chi connectivity index (χ1v) is 4.52. The average Bonchev–Trinajstić information content (AvgIpc) is 2.17. The van der Waals surface area contributed by atoms with Gasteiger partial charge in [-0.15, -0.1) is 0 Å². The third-order valence-corrected chi connectivity index (χ3v) is 2.11. The maximum atomic E-state index is 11.4. The Morgan fingerprint density at radius 2 is 2.50 bits per heavy atom. The van der Waals surface area contributed by atoms with Gasteiger partial charge in [0.1, 0.15) is 5.41 Å². The molecule has 14 heavy (non-hydrogen) atoms. The summed E-state index contributed by atoms with van der Waals surface area (Å²) in [7, 11) is 1.35. The van der Waals surface area contributed by atoms with Gasteiger partial charge in [-0.25, -0.2) is 0 Å². The van der Waals surface area contributed by atoms with Crippen molar-refractivity contribution in [3.05, 3.63) is 0 Å². The fourth-order valence-electron chi connectivity index (χ4n) is 1.30. The standard InChI is InChI=1S/C9H15NO4/c1-4-13-7-5-9(2,6-10-14-7)8(11)12-3/h6-7H,4-5H2,1-3H3/t7-,9?/m0/s1. The molecule has 0 aliphatic carbocycles. The monoisotopic (exact) mass is 201 g/mol. The minimum absolute atomic E-state index is 0.325. The van der Waals surface area contributed by atoms with Crippen LogP contribution in [0.15, 0.2) is 5.16 Å². The largest absolute Gasteiger partial charge is 0.468 e. The smallest absolute Gasteiger partial charge is 0.317 e. The predicted molar refractivity (Wildman–Crippen MR) is 49.7 cm³/mol. The van der Waals surface area contributed by atoms with Crippen molar-refractivity contribution in [3.63, 3.8) is 0 Å². The molecule has 1 rings (SSSR count). The predicted octanol–water partition coefficient (Wildman–Crippen LogP) is 0.934. The molecule has 5 nitrogen and oxygen atoms in total. The summed E-state index contributed by atoms with van der Waals surface area (Å²) in [5.41, 5.74) is -0.743. The number of carbonyl (C=O) groups is 1. The van der Waals surface area contributed by atoms with Crippen molar-refractivity contribution in [1.29, 1.82) is 0 Å². The SMILES string of the molecule is CCO[C@@H]1CC(C)(C(=O)OC)C=NO1. The number of oxime groups is 1. The summed E-state index contributed by atoms with van der Waals surface area (Å²) in [4.78, 5) is 16.4. The van der Waals surface area contributed by atoms with Crippen molar-refractivity contribution in [1.82, 2.24) is 0 Å². The van der Waals surface area contributed by atoms with E-state index in [4.69, 9.17) is 9.57 Å². The molecular weight excluding hydrogens is 186 g/mol. The molecule has 2 atom stereocenters. The molecule has 0 aromatic carbocycles. The molecule has 0 N–H and O–H groups in total. The van der Waals surface area contributed by atoms with Crippen LogP contribution in [-0.4, -0.2) is 32.2 Å². The summed E-state index contributed by atoms with van der Waals surface area (Å²) in [6, 6.07) is 0. The van der Waals surface area contributed by atoms with Gasteiger partial charge < -0.3 is 14.3 Å². The zero-order valence-corrected chi connectivity index (χ0v) is 8.65. The third-order valence-electron chi connectivity index (χ3n) is 2.11. The van der Waals surface area contributed by atoms with Gasteiger partial charge >= 0.3 is 5.97 Å².